The molecule has 1 aromatic carbocycles. The number of aromatic nitrogens is 1. The van der Waals surface area contributed by atoms with E-state index in [1.165, 1.54) is 12.0 Å². The van der Waals surface area contributed by atoms with Gasteiger partial charge in [-0.05, 0) is 51.0 Å². The summed E-state index contributed by atoms with van der Waals surface area (Å²) in [6, 6.07) is 6.85. The predicted molar refractivity (Wildman–Crippen MR) is 110 cm³/mol. The molecule has 156 valence electrons. The molecule has 7 heteroatoms. The van der Waals surface area contributed by atoms with Crippen LogP contribution in [0.3, 0.4) is 0 Å². The van der Waals surface area contributed by atoms with Crippen molar-refractivity contribution in [3.05, 3.63) is 52.3 Å². The highest BCUT2D eigenvalue weighted by molar-refractivity contribution is 6.05. The summed E-state index contributed by atoms with van der Waals surface area (Å²) in [5.41, 5.74) is 2.28. The Kier molecular flexibility index (Phi) is 7.59. The van der Waals surface area contributed by atoms with Crippen LogP contribution in [0.15, 0.2) is 24.3 Å². The highest BCUT2D eigenvalue weighted by atomic mass is 16.5. The number of carbonyl (C=O) groups is 3. The number of hydrogen-bond donors (Lipinski definition) is 1. The first kappa shape index (κ1) is 22.2. The Labute approximate surface area is 171 Å². The number of rotatable bonds is 9. The lowest BCUT2D eigenvalue weighted by molar-refractivity contribution is 0.0519. The van der Waals surface area contributed by atoms with E-state index in [0.29, 0.717) is 41.1 Å². The predicted octanol–water partition coefficient (Wildman–Crippen LogP) is 3.55. The first-order valence-corrected chi connectivity index (χ1v) is 9.66. The molecule has 0 unspecified atom stereocenters. The van der Waals surface area contributed by atoms with Gasteiger partial charge in [0, 0.05) is 23.4 Å². The lowest BCUT2D eigenvalue weighted by atomic mass is 10.0. The highest BCUT2D eigenvalue weighted by Crippen LogP contribution is 2.21. The minimum Gasteiger partial charge on any atom is -0.497 e. The lowest BCUT2D eigenvalue weighted by Crippen LogP contribution is -2.36. The number of amides is 1. The van der Waals surface area contributed by atoms with Gasteiger partial charge in [-0.25, -0.2) is 4.79 Å². The van der Waals surface area contributed by atoms with Crippen molar-refractivity contribution in [3.63, 3.8) is 0 Å². The summed E-state index contributed by atoms with van der Waals surface area (Å²) in [7, 11) is 1.54. The summed E-state index contributed by atoms with van der Waals surface area (Å²) >= 11 is 0. The number of esters is 1. The first-order valence-electron chi connectivity index (χ1n) is 9.66. The van der Waals surface area contributed by atoms with Crippen molar-refractivity contribution in [3.8, 4) is 5.75 Å². The molecule has 1 aromatic heterocycles. The molecule has 1 N–H and O–H groups in total. The summed E-state index contributed by atoms with van der Waals surface area (Å²) in [5, 5.41) is 0. The third-order valence-electron chi connectivity index (χ3n) is 4.63. The van der Waals surface area contributed by atoms with Crippen molar-refractivity contribution in [2.45, 2.75) is 34.1 Å². The molecule has 0 aliphatic heterocycles. The zero-order valence-corrected chi connectivity index (χ0v) is 17.6. The number of nitrogens with one attached hydrogen (secondary N) is 1. The molecule has 29 heavy (non-hydrogen) atoms. The van der Waals surface area contributed by atoms with Crippen molar-refractivity contribution >= 4 is 17.7 Å². The largest absolute Gasteiger partial charge is 0.497 e. The Morgan fingerprint density at radius 2 is 1.86 bits per heavy atom. The number of benzene rings is 1. The van der Waals surface area contributed by atoms with E-state index in [0.717, 1.165) is 0 Å². The summed E-state index contributed by atoms with van der Waals surface area (Å²) in [5.74, 6) is -0.382. The van der Waals surface area contributed by atoms with Gasteiger partial charge in [-0.15, -0.1) is 0 Å². The second-order valence-electron chi connectivity index (χ2n) is 6.73. The number of H-pyrrole nitrogens is 1. The van der Waals surface area contributed by atoms with Crippen LogP contribution in [0, 0.1) is 13.8 Å². The number of hydrogen-bond acceptors (Lipinski definition) is 5. The van der Waals surface area contributed by atoms with E-state index in [2.05, 4.69) is 4.98 Å². The van der Waals surface area contributed by atoms with Crippen molar-refractivity contribution in [1.29, 1.82) is 0 Å². The minimum absolute atomic E-state index is 0.0777. The number of methoxy groups -OCH3 is 1. The molecule has 0 saturated carbocycles. The monoisotopic (exact) mass is 400 g/mol. The van der Waals surface area contributed by atoms with E-state index in [-0.39, 0.29) is 30.5 Å². The second-order valence-corrected chi connectivity index (χ2v) is 6.73. The molecule has 2 rings (SSSR count). The van der Waals surface area contributed by atoms with E-state index < -0.39 is 5.97 Å². The molecule has 0 bridgehead atoms. The molecule has 2 aromatic rings. The van der Waals surface area contributed by atoms with Gasteiger partial charge in [0.05, 0.1) is 20.3 Å². The fraction of sp³-hybridized carbons (Fsp3) is 0.409. The van der Waals surface area contributed by atoms with Crippen molar-refractivity contribution in [2.75, 3.05) is 26.8 Å². The van der Waals surface area contributed by atoms with E-state index in [1.807, 2.05) is 6.92 Å². The number of Topliss-reactive ketones (excluding diaryl/α,β-unsaturated/α-hetero) is 1. The number of aryl methyl sites for hydroxylation is 1. The second kappa shape index (κ2) is 9.91. The van der Waals surface area contributed by atoms with E-state index in [4.69, 9.17) is 9.47 Å². The van der Waals surface area contributed by atoms with Crippen molar-refractivity contribution < 1.29 is 23.9 Å². The molecule has 7 nitrogen and oxygen atoms in total. The molecule has 0 fully saturated rings. The standard InChI is InChI=1S/C22H28N2O5/c1-6-11-24(21(26)16-9-8-10-17(12-16)28-5)13-18(25)19-14(3)20(23-15(19)4)22(27)29-7-2/h8-10,12,23H,6-7,11,13H2,1-5H3. The molecule has 0 atom stereocenters. The maximum absolute atomic E-state index is 13.0. The molecule has 0 aliphatic carbocycles. The number of aromatic amines is 1. The molecule has 1 heterocycles. The molecule has 0 aliphatic rings. The van der Waals surface area contributed by atoms with Gasteiger partial charge in [0.2, 0.25) is 0 Å². The van der Waals surface area contributed by atoms with E-state index >= 15 is 0 Å². The fourth-order valence-electron chi connectivity index (χ4n) is 3.29. The molecular weight excluding hydrogens is 372 g/mol. The maximum atomic E-state index is 13.0. The molecular formula is C22H28N2O5. The molecule has 0 spiro atoms. The highest BCUT2D eigenvalue weighted by Gasteiger charge is 2.26. The van der Waals surface area contributed by atoms with Crippen molar-refractivity contribution in [2.24, 2.45) is 0 Å². The first-order chi connectivity index (χ1) is 13.8. The normalized spacial score (nSPS) is 10.5. The average molecular weight is 400 g/mol. The third kappa shape index (κ3) is 5.04. The lowest BCUT2D eigenvalue weighted by Gasteiger charge is -2.22. The van der Waals surface area contributed by atoms with Crippen LogP contribution in [0.5, 0.6) is 5.75 Å². The van der Waals surface area contributed by atoms with Gasteiger partial charge in [0.25, 0.3) is 5.91 Å². The van der Waals surface area contributed by atoms with Crippen LogP contribution in [0.4, 0.5) is 0 Å². The Morgan fingerprint density at radius 3 is 2.48 bits per heavy atom. The number of ether oxygens (including phenoxy) is 2. The smallest absolute Gasteiger partial charge is 0.355 e. The molecule has 0 radical (unpaired) electrons. The number of nitrogens with zero attached hydrogens (tertiary/aromatic N) is 1. The van der Waals surface area contributed by atoms with Crippen LogP contribution in [-0.2, 0) is 4.74 Å². The maximum Gasteiger partial charge on any atom is 0.355 e. The summed E-state index contributed by atoms with van der Waals surface area (Å²) < 4.78 is 10.2. The van der Waals surface area contributed by atoms with Crippen LogP contribution in [0.2, 0.25) is 0 Å². The van der Waals surface area contributed by atoms with Crippen molar-refractivity contribution in [1.82, 2.24) is 9.88 Å². The number of ketones is 1. The van der Waals surface area contributed by atoms with E-state index in [9.17, 15) is 14.4 Å². The third-order valence-corrected chi connectivity index (χ3v) is 4.63. The van der Waals surface area contributed by atoms with Gasteiger partial charge < -0.3 is 19.4 Å². The minimum atomic E-state index is -0.495. The topological polar surface area (TPSA) is 88.7 Å². The fourth-order valence-corrected chi connectivity index (χ4v) is 3.29. The van der Waals surface area contributed by atoms with Crippen LogP contribution in [0.25, 0.3) is 0 Å². The summed E-state index contributed by atoms with van der Waals surface area (Å²) in [4.78, 5) is 42.6. The van der Waals surface area contributed by atoms with Gasteiger partial charge in [0.1, 0.15) is 11.4 Å². The van der Waals surface area contributed by atoms with Gasteiger partial charge in [0.15, 0.2) is 5.78 Å². The van der Waals surface area contributed by atoms with Gasteiger partial charge in [-0.2, -0.15) is 0 Å². The Hall–Kier alpha value is -3.09. The summed E-state index contributed by atoms with van der Waals surface area (Å²) in [6.45, 7) is 7.72. The van der Waals surface area contributed by atoms with Gasteiger partial charge in [-0.3, -0.25) is 9.59 Å². The van der Waals surface area contributed by atoms with Gasteiger partial charge >= 0.3 is 5.97 Å². The van der Waals surface area contributed by atoms with Crippen LogP contribution in [0.1, 0.15) is 62.7 Å². The van der Waals surface area contributed by atoms with E-state index in [1.54, 1.807) is 45.0 Å². The Morgan fingerprint density at radius 1 is 1.14 bits per heavy atom. The SMILES string of the molecule is CCCN(CC(=O)c1c(C)[nH]c(C(=O)OCC)c1C)C(=O)c1cccc(OC)c1. The molecule has 1 amide bonds. The molecule has 0 saturated heterocycles. The Balaban J connectivity index is 2.28. The van der Waals surface area contributed by atoms with Crippen LogP contribution < -0.4 is 4.74 Å². The quantitative estimate of drug-likeness (QED) is 0.514. The number of carbonyl (C=O) groups excluding carboxylic acids is 3. The summed E-state index contributed by atoms with van der Waals surface area (Å²) in [6.07, 6.45) is 0.710. The zero-order valence-electron chi connectivity index (χ0n) is 17.6. The zero-order chi connectivity index (χ0) is 21.6. The Bertz CT molecular complexity index is 901. The van der Waals surface area contributed by atoms with Crippen LogP contribution >= 0.6 is 0 Å². The average Bonchev–Trinajstić information content (AvgIpc) is 3.01. The van der Waals surface area contributed by atoms with Gasteiger partial charge in [-0.1, -0.05) is 13.0 Å². The van der Waals surface area contributed by atoms with Crippen LogP contribution in [-0.4, -0.2) is 54.3 Å².